The molecule has 2 aromatic rings. The lowest BCUT2D eigenvalue weighted by molar-refractivity contribution is 0.0951. The Morgan fingerprint density at radius 1 is 1.23 bits per heavy atom. The fourth-order valence-corrected chi connectivity index (χ4v) is 3.40. The van der Waals surface area contributed by atoms with Crippen LogP contribution in [0.15, 0.2) is 18.2 Å². The van der Waals surface area contributed by atoms with Gasteiger partial charge in [0.05, 0.1) is 0 Å². The average Bonchev–Trinajstić information content (AvgIpc) is 2.88. The van der Waals surface area contributed by atoms with Crippen LogP contribution in [-0.2, 0) is 12.8 Å². The van der Waals surface area contributed by atoms with Crippen molar-refractivity contribution < 1.29 is 4.79 Å². The fourth-order valence-electron chi connectivity index (χ4n) is 3.40. The molecule has 0 saturated carbocycles. The van der Waals surface area contributed by atoms with E-state index in [1.165, 1.54) is 17.7 Å². The molecular formula is C17H20N4O. The number of carbonyl (C=O) groups is 1. The number of H-pyrrole nitrogens is 1. The Kier molecular flexibility index (Phi) is 3.13. The maximum Gasteiger partial charge on any atom is 0.271 e. The lowest BCUT2D eigenvalue weighted by Gasteiger charge is -2.27. The summed E-state index contributed by atoms with van der Waals surface area (Å²) in [5.41, 5.74) is 5.25. The third kappa shape index (κ3) is 2.17. The first-order valence-electron chi connectivity index (χ1n) is 7.94. The molecule has 1 amide bonds. The van der Waals surface area contributed by atoms with E-state index in [-0.39, 0.29) is 5.91 Å². The minimum atomic E-state index is -0.0623. The predicted molar refractivity (Wildman–Crippen MR) is 86.3 cm³/mol. The number of fused-ring (bicyclic) bond motifs is 2. The second-order valence-corrected chi connectivity index (χ2v) is 6.14. The largest absolute Gasteiger partial charge is 0.374 e. The highest BCUT2D eigenvalue weighted by Crippen LogP contribution is 2.30. The molecule has 2 N–H and O–H groups in total. The van der Waals surface area contributed by atoms with E-state index >= 15 is 0 Å². The van der Waals surface area contributed by atoms with Crippen LogP contribution in [0.3, 0.4) is 0 Å². The van der Waals surface area contributed by atoms with Crippen LogP contribution in [-0.4, -0.2) is 36.0 Å². The molecule has 0 atom stereocenters. The summed E-state index contributed by atoms with van der Waals surface area (Å²) in [5.74, 6) is 0.741. The van der Waals surface area contributed by atoms with Gasteiger partial charge in [0.25, 0.3) is 5.91 Å². The molecular weight excluding hydrogens is 276 g/mol. The molecule has 0 fully saturated rings. The second-order valence-electron chi connectivity index (χ2n) is 6.14. The van der Waals surface area contributed by atoms with Gasteiger partial charge in [-0.15, -0.1) is 0 Å². The number of aryl methyl sites for hydroxylation is 2. The number of amides is 1. The number of hydrogen-bond acceptors (Lipinski definition) is 3. The highest BCUT2D eigenvalue weighted by Gasteiger charge is 2.21. The van der Waals surface area contributed by atoms with Gasteiger partial charge < -0.3 is 15.2 Å². The van der Waals surface area contributed by atoms with Gasteiger partial charge in [0.2, 0.25) is 0 Å². The monoisotopic (exact) mass is 296 g/mol. The zero-order chi connectivity index (χ0) is 15.1. The number of nitrogens with one attached hydrogen (secondary N) is 2. The van der Waals surface area contributed by atoms with Crippen LogP contribution in [0.2, 0.25) is 0 Å². The van der Waals surface area contributed by atoms with E-state index in [4.69, 9.17) is 0 Å². The lowest BCUT2D eigenvalue weighted by atomic mass is 9.99. The molecule has 1 aromatic carbocycles. The van der Waals surface area contributed by atoms with Gasteiger partial charge in [0, 0.05) is 37.1 Å². The van der Waals surface area contributed by atoms with Crippen molar-refractivity contribution in [3.05, 3.63) is 35.2 Å². The molecule has 0 unspecified atom stereocenters. The van der Waals surface area contributed by atoms with E-state index in [1.807, 2.05) is 0 Å². The van der Waals surface area contributed by atoms with Gasteiger partial charge in [-0.3, -0.25) is 4.79 Å². The Morgan fingerprint density at radius 3 is 3.05 bits per heavy atom. The Labute approximate surface area is 129 Å². The molecule has 0 radical (unpaired) electrons. The molecule has 0 bridgehead atoms. The first-order valence-corrected chi connectivity index (χ1v) is 7.94. The summed E-state index contributed by atoms with van der Waals surface area (Å²) < 4.78 is 0. The van der Waals surface area contributed by atoms with Crippen LogP contribution >= 0.6 is 0 Å². The molecule has 0 aliphatic carbocycles. The van der Waals surface area contributed by atoms with Gasteiger partial charge in [0.1, 0.15) is 11.5 Å². The minimum absolute atomic E-state index is 0.0623. The van der Waals surface area contributed by atoms with Crippen LogP contribution in [0.5, 0.6) is 0 Å². The highest BCUT2D eigenvalue weighted by molar-refractivity contribution is 5.94. The van der Waals surface area contributed by atoms with E-state index in [2.05, 4.69) is 45.4 Å². The minimum Gasteiger partial charge on any atom is -0.374 e. The van der Waals surface area contributed by atoms with E-state index in [0.717, 1.165) is 49.4 Å². The lowest BCUT2D eigenvalue weighted by Crippen LogP contribution is -2.24. The van der Waals surface area contributed by atoms with Crippen LogP contribution in [0.4, 0.5) is 5.69 Å². The quantitative estimate of drug-likeness (QED) is 0.847. The number of imidazole rings is 1. The zero-order valence-corrected chi connectivity index (χ0v) is 12.8. The average molecular weight is 296 g/mol. The van der Waals surface area contributed by atoms with Gasteiger partial charge in [-0.05, 0) is 49.4 Å². The van der Waals surface area contributed by atoms with Gasteiger partial charge >= 0.3 is 0 Å². The van der Waals surface area contributed by atoms with Gasteiger partial charge in [-0.2, -0.15) is 0 Å². The third-order valence-corrected chi connectivity index (χ3v) is 4.59. The maximum atomic E-state index is 12.0. The van der Waals surface area contributed by atoms with Crippen molar-refractivity contribution in [3.63, 3.8) is 0 Å². The van der Waals surface area contributed by atoms with E-state index in [9.17, 15) is 4.79 Å². The SMILES string of the molecule is CN1CCCc2cc(-c3nc4c([nH]3)CCCNC4=O)ccc21. The Bertz CT molecular complexity index is 734. The number of hydrogen-bond donors (Lipinski definition) is 2. The van der Waals surface area contributed by atoms with Crippen LogP contribution in [0.25, 0.3) is 11.4 Å². The third-order valence-electron chi connectivity index (χ3n) is 4.59. The second kappa shape index (κ2) is 5.16. The highest BCUT2D eigenvalue weighted by atomic mass is 16.1. The van der Waals surface area contributed by atoms with Crippen molar-refractivity contribution >= 4 is 11.6 Å². The molecule has 22 heavy (non-hydrogen) atoms. The Balaban J connectivity index is 1.74. The van der Waals surface area contributed by atoms with Crippen molar-refractivity contribution in [2.45, 2.75) is 25.7 Å². The number of benzene rings is 1. The topological polar surface area (TPSA) is 61.0 Å². The molecule has 0 spiro atoms. The summed E-state index contributed by atoms with van der Waals surface area (Å²) in [4.78, 5) is 22.2. The van der Waals surface area contributed by atoms with Crippen LogP contribution < -0.4 is 10.2 Å². The number of aromatic amines is 1. The zero-order valence-electron chi connectivity index (χ0n) is 12.8. The van der Waals surface area contributed by atoms with Crippen molar-refractivity contribution in [1.82, 2.24) is 15.3 Å². The summed E-state index contributed by atoms with van der Waals surface area (Å²) in [5, 5.41) is 2.89. The molecule has 2 aliphatic heterocycles. The number of anilines is 1. The van der Waals surface area contributed by atoms with Gasteiger partial charge in [-0.25, -0.2) is 4.98 Å². The molecule has 5 heteroatoms. The van der Waals surface area contributed by atoms with E-state index in [1.54, 1.807) is 0 Å². The number of nitrogens with zero attached hydrogens (tertiary/aromatic N) is 2. The van der Waals surface area contributed by atoms with E-state index < -0.39 is 0 Å². The molecule has 2 aliphatic rings. The predicted octanol–water partition coefficient (Wildman–Crippen LogP) is 2.14. The molecule has 0 saturated heterocycles. The molecule has 3 heterocycles. The number of rotatable bonds is 1. The van der Waals surface area contributed by atoms with Crippen molar-refractivity contribution in [1.29, 1.82) is 0 Å². The molecule has 1 aromatic heterocycles. The summed E-state index contributed by atoms with van der Waals surface area (Å²) in [7, 11) is 2.14. The van der Waals surface area contributed by atoms with Crippen molar-refractivity contribution in [2.24, 2.45) is 0 Å². The first-order chi connectivity index (χ1) is 10.7. The number of aromatic nitrogens is 2. The molecule has 114 valence electrons. The standard InChI is InChI=1S/C17H20N4O/c1-21-9-3-4-11-10-12(6-7-14(11)21)16-19-13-5-2-8-18-17(22)15(13)20-16/h6-7,10H,2-5,8-9H2,1H3,(H,18,22)(H,19,20). The summed E-state index contributed by atoms with van der Waals surface area (Å²) in [6, 6.07) is 6.47. The van der Waals surface area contributed by atoms with Gasteiger partial charge in [0.15, 0.2) is 0 Å². The first kappa shape index (κ1) is 13.4. The summed E-state index contributed by atoms with van der Waals surface area (Å²) in [6.07, 6.45) is 4.11. The Hall–Kier alpha value is -2.30. The van der Waals surface area contributed by atoms with Crippen molar-refractivity contribution in [3.8, 4) is 11.4 Å². The van der Waals surface area contributed by atoms with Gasteiger partial charge in [-0.1, -0.05) is 0 Å². The number of carbonyl (C=O) groups excluding carboxylic acids is 1. The van der Waals surface area contributed by atoms with E-state index in [0.29, 0.717) is 5.69 Å². The summed E-state index contributed by atoms with van der Waals surface area (Å²) in [6.45, 7) is 1.84. The smallest absolute Gasteiger partial charge is 0.271 e. The van der Waals surface area contributed by atoms with Crippen molar-refractivity contribution in [2.75, 3.05) is 25.0 Å². The summed E-state index contributed by atoms with van der Waals surface area (Å²) >= 11 is 0. The molecule has 4 rings (SSSR count). The maximum absolute atomic E-state index is 12.0. The van der Waals surface area contributed by atoms with Crippen LogP contribution in [0.1, 0.15) is 34.6 Å². The van der Waals surface area contributed by atoms with Crippen LogP contribution in [0, 0.1) is 0 Å². The Morgan fingerprint density at radius 2 is 2.14 bits per heavy atom. The normalized spacial score (nSPS) is 17.5. The molecule has 5 nitrogen and oxygen atoms in total. The fraction of sp³-hybridized carbons (Fsp3) is 0.412.